The molecule has 1 nitrogen and oxygen atoms in total. The lowest BCUT2D eigenvalue weighted by atomic mass is 9.81. The van der Waals surface area contributed by atoms with Gasteiger partial charge in [-0.15, -0.1) is 0 Å². The van der Waals surface area contributed by atoms with Crippen LogP contribution in [-0.2, 0) is 11.2 Å². The summed E-state index contributed by atoms with van der Waals surface area (Å²) in [5.41, 5.74) is 4.35. The first-order valence-corrected chi connectivity index (χ1v) is 6.28. The topological polar surface area (TPSA) is 17.1 Å². The highest BCUT2D eigenvalue weighted by molar-refractivity contribution is 5.52. The van der Waals surface area contributed by atoms with E-state index in [1.165, 1.54) is 36.0 Å². The maximum atomic E-state index is 10.5. The molecule has 1 aliphatic rings. The third-order valence-corrected chi connectivity index (χ3v) is 3.80. The van der Waals surface area contributed by atoms with Crippen LogP contribution in [0.4, 0.5) is 0 Å². The fraction of sp³-hybridized carbons (Fsp3) is 0.533. The molecule has 2 rings (SSSR count). The molecule has 2 unspecified atom stereocenters. The second kappa shape index (κ2) is 4.82. The number of aldehydes is 1. The molecule has 0 aliphatic heterocycles. The van der Waals surface area contributed by atoms with Crippen LogP contribution in [0.3, 0.4) is 0 Å². The maximum absolute atomic E-state index is 10.5. The van der Waals surface area contributed by atoms with E-state index in [1.807, 2.05) is 0 Å². The summed E-state index contributed by atoms with van der Waals surface area (Å²) in [6, 6.07) is 6.79. The Morgan fingerprint density at radius 2 is 2.31 bits per heavy atom. The van der Waals surface area contributed by atoms with Crippen molar-refractivity contribution in [3.8, 4) is 0 Å². The van der Waals surface area contributed by atoms with E-state index in [4.69, 9.17) is 0 Å². The molecule has 0 bridgehead atoms. The molecule has 1 aromatic carbocycles. The van der Waals surface area contributed by atoms with Gasteiger partial charge in [-0.2, -0.15) is 0 Å². The van der Waals surface area contributed by atoms with Crippen molar-refractivity contribution in [3.63, 3.8) is 0 Å². The first-order chi connectivity index (χ1) is 7.72. The molecule has 0 fully saturated rings. The molecule has 0 spiro atoms. The average Bonchev–Trinajstić information content (AvgIpc) is 2.29. The highest BCUT2D eigenvalue weighted by Crippen LogP contribution is 2.33. The van der Waals surface area contributed by atoms with Crippen molar-refractivity contribution in [2.75, 3.05) is 0 Å². The third kappa shape index (κ3) is 2.18. The lowest BCUT2D eigenvalue weighted by Gasteiger charge is -2.24. The lowest BCUT2D eigenvalue weighted by molar-refractivity contribution is -0.108. The molecule has 86 valence electrons. The molecule has 0 aromatic heterocycles. The maximum Gasteiger partial charge on any atom is 0.120 e. The van der Waals surface area contributed by atoms with Crippen molar-refractivity contribution in [1.82, 2.24) is 0 Å². The Balaban J connectivity index is 2.29. The minimum Gasteiger partial charge on any atom is -0.303 e. The molecular weight excluding hydrogens is 196 g/mol. The van der Waals surface area contributed by atoms with Gasteiger partial charge in [-0.3, -0.25) is 0 Å². The van der Waals surface area contributed by atoms with E-state index < -0.39 is 0 Å². The number of aryl methyl sites for hydroxylation is 1. The van der Waals surface area contributed by atoms with E-state index in [0.717, 1.165) is 6.29 Å². The molecule has 2 atom stereocenters. The van der Waals surface area contributed by atoms with Crippen LogP contribution in [0.25, 0.3) is 0 Å². The molecule has 0 heterocycles. The zero-order chi connectivity index (χ0) is 11.5. The average molecular weight is 216 g/mol. The van der Waals surface area contributed by atoms with Gasteiger partial charge < -0.3 is 4.79 Å². The van der Waals surface area contributed by atoms with Gasteiger partial charge in [0.15, 0.2) is 0 Å². The number of hydrogen-bond acceptors (Lipinski definition) is 1. The lowest BCUT2D eigenvalue weighted by Crippen LogP contribution is -2.08. The second-order valence-corrected chi connectivity index (χ2v) is 5.05. The monoisotopic (exact) mass is 216 g/mol. The summed E-state index contributed by atoms with van der Waals surface area (Å²) in [6.45, 7) is 4.44. The molecule has 0 saturated heterocycles. The Hall–Kier alpha value is -1.11. The van der Waals surface area contributed by atoms with Crippen molar-refractivity contribution in [2.24, 2.45) is 0 Å². The van der Waals surface area contributed by atoms with Crippen LogP contribution < -0.4 is 0 Å². The van der Waals surface area contributed by atoms with Crippen LogP contribution in [0, 0.1) is 0 Å². The zero-order valence-electron chi connectivity index (χ0n) is 10.2. The van der Waals surface area contributed by atoms with Crippen LogP contribution in [0.15, 0.2) is 18.2 Å². The highest BCUT2D eigenvalue weighted by Gasteiger charge is 2.17. The van der Waals surface area contributed by atoms with Gasteiger partial charge in [0.1, 0.15) is 6.29 Å². The fourth-order valence-electron chi connectivity index (χ4n) is 2.64. The summed E-state index contributed by atoms with van der Waals surface area (Å²) in [7, 11) is 0. The van der Waals surface area contributed by atoms with Gasteiger partial charge in [0.2, 0.25) is 0 Å². The number of hydrogen-bond donors (Lipinski definition) is 0. The van der Waals surface area contributed by atoms with Gasteiger partial charge in [0.25, 0.3) is 0 Å². The SMILES string of the molecule is CC(CC=O)c1ccc2c(c1)C(C)CCC2. The standard InChI is InChI=1S/C15H20O/c1-11(8-9-16)14-7-6-13-5-3-4-12(2)15(13)10-14/h6-7,9-12H,3-5,8H2,1-2H3. The minimum atomic E-state index is 0.358. The van der Waals surface area contributed by atoms with Crippen LogP contribution in [-0.4, -0.2) is 6.29 Å². The Morgan fingerprint density at radius 1 is 1.50 bits per heavy atom. The molecule has 0 radical (unpaired) electrons. The summed E-state index contributed by atoms with van der Waals surface area (Å²) in [6.07, 6.45) is 5.50. The first-order valence-electron chi connectivity index (χ1n) is 6.28. The summed E-state index contributed by atoms with van der Waals surface area (Å²) >= 11 is 0. The predicted octanol–water partition coefficient (Wildman–Crippen LogP) is 3.82. The smallest absolute Gasteiger partial charge is 0.120 e. The summed E-state index contributed by atoms with van der Waals surface area (Å²) in [5.74, 6) is 1.05. The van der Waals surface area contributed by atoms with Crippen LogP contribution in [0.2, 0.25) is 0 Å². The van der Waals surface area contributed by atoms with Crippen LogP contribution in [0.1, 0.15) is 61.6 Å². The number of rotatable bonds is 3. The van der Waals surface area contributed by atoms with Crippen LogP contribution >= 0.6 is 0 Å². The van der Waals surface area contributed by atoms with Crippen molar-refractivity contribution in [3.05, 3.63) is 34.9 Å². The number of carbonyl (C=O) groups is 1. The molecule has 0 saturated carbocycles. The van der Waals surface area contributed by atoms with Crippen molar-refractivity contribution in [2.45, 2.75) is 51.4 Å². The van der Waals surface area contributed by atoms with E-state index in [0.29, 0.717) is 18.3 Å². The predicted molar refractivity (Wildman–Crippen MR) is 66.9 cm³/mol. The van der Waals surface area contributed by atoms with E-state index in [-0.39, 0.29) is 0 Å². The normalized spacial score (nSPS) is 21.2. The summed E-state index contributed by atoms with van der Waals surface area (Å²) in [5, 5.41) is 0. The van der Waals surface area contributed by atoms with Crippen molar-refractivity contribution in [1.29, 1.82) is 0 Å². The van der Waals surface area contributed by atoms with Gasteiger partial charge >= 0.3 is 0 Å². The molecule has 0 N–H and O–H groups in total. The minimum absolute atomic E-state index is 0.358. The second-order valence-electron chi connectivity index (χ2n) is 5.05. The van der Waals surface area contributed by atoms with Crippen molar-refractivity contribution < 1.29 is 4.79 Å². The Kier molecular flexibility index (Phi) is 3.42. The third-order valence-electron chi connectivity index (χ3n) is 3.80. The quantitative estimate of drug-likeness (QED) is 0.702. The van der Waals surface area contributed by atoms with Gasteiger partial charge in [-0.1, -0.05) is 32.0 Å². The Morgan fingerprint density at radius 3 is 3.06 bits per heavy atom. The zero-order valence-corrected chi connectivity index (χ0v) is 10.2. The highest BCUT2D eigenvalue weighted by atomic mass is 16.1. The van der Waals surface area contributed by atoms with Gasteiger partial charge in [-0.25, -0.2) is 0 Å². The van der Waals surface area contributed by atoms with E-state index >= 15 is 0 Å². The summed E-state index contributed by atoms with van der Waals surface area (Å²) in [4.78, 5) is 10.5. The van der Waals surface area contributed by atoms with Crippen molar-refractivity contribution >= 4 is 6.29 Å². The van der Waals surface area contributed by atoms with Gasteiger partial charge in [0.05, 0.1) is 0 Å². The Bertz CT molecular complexity index is 381. The molecular formula is C15H20O. The molecule has 16 heavy (non-hydrogen) atoms. The Labute approximate surface area is 97.9 Å². The largest absolute Gasteiger partial charge is 0.303 e. The number of carbonyl (C=O) groups excluding carboxylic acids is 1. The first kappa shape index (κ1) is 11.4. The van der Waals surface area contributed by atoms with E-state index in [1.54, 1.807) is 0 Å². The molecule has 1 aliphatic carbocycles. The van der Waals surface area contributed by atoms with E-state index in [2.05, 4.69) is 32.0 Å². The van der Waals surface area contributed by atoms with E-state index in [9.17, 15) is 4.79 Å². The molecule has 1 aromatic rings. The molecule has 1 heteroatoms. The van der Waals surface area contributed by atoms with Gasteiger partial charge in [0, 0.05) is 6.42 Å². The van der Waals surface area contributed by atoms with Crippen LogP contribution in [0.5, 0.6) is 0 Å². The molecule has 0 amide bonds. The fourth-order valence-corrected chi connectivity index (χ4v) is 2.64. The summed E-state index contributed by atoms with van der Waals surface area (Å²) < 4.78 is 0. The number of fused-ring (bicyclic) bond motifs is 1. The number of benzene rings is 1. The van der Waals surface area contributed by atoms with Gasteiger partial charge in [-0.05, 0) is 47.8 Å².